The van der Waals surface area contributed by atoms with Crippen molar-refractivity contribution in [3.63, 3.8) is 0 Å². The summed E-state index contributed by atoms with van der Waals surface area (Å²) in [6, 6.07) is 9.10. The van der Waals surface area contributed by atoms with Gasteiger partial charge in [0.1, 0.15) is 12.1 Å². The number of fused-ring (bicyclic) bond motifs is 1. The highest BCUT2D eigenvalue weighted by molar-refractivity contribution is 5.92. The maximum absolute atomic E-state index is 12.0. The standard InChI is InChI=1S/C14H14N4O2/c1-2-9(17-14(19)12-7-8-20-18-12)13-15-10-5-3-4-6-11(10)16-13/h3-9H,2H2,1H3,(H,15,16)(H,17,19). The number of aromatic amines is 1. The van der Waals surface area contributed by atoms with E-state index in [1.54, 1.807) is 0 Å². The van der Waals surface area contributed by atoms with Crippen LogP contribution in [0.25, 0.3) is 11.0 Å². The average Bonchev–Trinajstić information content (AvgIpc) is 3.12. The number of H-pyrrole nitrogens is 1. The van der Waals surface area contributed by atoms with Crippen LogP contribution >= 0.6 is 0 Å². The highest BCUT2D eigenvalue weighted by Crippen LogP contribution is 2.18. The molecule has 1 atom stereocenters. The third-order valence-electron chi connectivity index (χ3n) is 3.12. The van der Waals surface area contributed by atoms with E-state index in [1.807, 2.05) is 31.2 Å². The van der Waals surface area contributed by atoms with Gasteiger partial charge in [0, 0.05) is 6.07 Å². The molecule has 6 nitrogen and oxygen atoms in total. The minimum absolute atomic E-state index is 0.188. The van der Waals surface area contributed by atoms with E-state index in [-0.39, 0.29) is 17.6 Å². The Morgan fingerprint density at radius 1 is 1.40 bits per heavy atom. The van der Waals surface area contributed by atoms with Crippen LogP contribution in [0.3, 0.4) is 0 Å². The van der Waals surface area contributed by atoms with Crippen LogP contribution in [0.1, 0.15) is 35.7 Å². The van der Waals surface area contributed by atoms with Crippen LogP contribution in [0.4, 0.5) is 0 Å². The van der Waals surface area contributed by atoms with Gasteiger partial charge in [0.2, 0.25) is 0 Å². The SMILES string of the molecule is CCC(NC(=O)c1ccon1)c1nc2ccccc2[nH]1. The summed E-state index contributed by atoms with van der Waals surface area (Å²) in [7, 11) is 0. The van der Waals surface area contributed by atoms with E-state index in [4.69, 9.17) is 0 Å². The molecule has 2 heterocycles. The van der Waals surface area contributed by atoms with E-state index in [2.05, 4.69) is 25.0 Å². The van der Waals surface area contributed by atoms with E-state index in [0.29, 0.717) is 0 Å². The molecule has 1 unspecified atom stereocenters. The fourth-order valence-electron chi connectivity index (χ4n) is 2.06. The summed E-state index contributed by atoms with van der Waals surface area (Å²) in [5, 5.41) is 6.51. The molecule has 3 aromatic rings. The Balaban J connectivity index is 1.84. The summed E-state index contributed by atoms with van der Waals surface area (Å²) in [5.74, 6) is 0.469. The first-order chi connectivity index (χ1) is 9.78. The van der Waals surface area contributed by atoms with Gasteiger partial charge in [0.05, 0.1) is 17.1 Å². The molecular formula is C14H14N4O2. The van der Waals surface area contributed by atoms with Crippen molar-refractivity contribution in [2.45, 2.75) is 19.4 Å². The Hall–Kier alpha value is -2.63. The number of imidazole rings is 1. The molecular weight excluding hydrogens is 256 g/mol. The van der Waals surface area contributed by atoms with E-state index in [1.165, 1.54) is 12.3 Å². The first-order valence-corrected chi connectivity index (χ1v) is 6.44. The number of hydrogen-bond acceptors (Lipinski definition) is 4. The summed E-state index contributed by atoms with van der Waals surface area (Å²) in [6.07, 6.45) is 2.10. The van der Waals surface area contributed by atoms with Crippen molar-refractivity contribution in [2.75, 3.05) is 0 Å². The molecule has 0 radical (unpaired) electrons. The second kappa shape index (κ2) is 5.16. The van der Waals surface area contributed by atoms with Gasteiger partial charge in [0.15, 0.2) is 5.69 Å². The monoisotopic (exact) mass is 270 g/mol. The molecule has 1 amide bonds. The van der Waals surface area contributed by atoms with Crippen molar-refractivity contribution >= 4 is 16.9 Å². The minimum Gasteiger partial charge on any atom is -0.364 e. The van der Waals surface area contributed by atoms with Gasteiger partial charge in [-0.3, -0.25) is 4.79 Å². The molecule has 0 spiro atoms. The minimum atomic E-state index is -0.272. The van der Waals surface area contributed by atoms with Crippen LogP contribution in [-0.4, -0.2) is 21.0 Å². The molecule has 2 aromatic heterocycles. The second-order valence-electron chi connectivity index (χ2n) is 4.46. The lowest BCUT2D eigenvalue weighted by molar-refractivity contribution is 0.0924. The van der Waals surface area contributed by atoms with Crippen LogP contribution in [0, 0.1) is 0 Å². The van der Waals surface area contributed by atoms with Crippen LogP contribution in [-0.2, 0) is 0 Å². The Morgan fingerprint density at radius 3 is 2.95 bits per heavy atom. The number of amides is 1. The van der Waals surface area contributed by atoms with Crippen LogP contribution < -0.4 is 5.32 Å². The number of carbonyl (C=O) groups excluding carboxylic acids is 1. The number of benzene rings is 1. The number of carbonyl (C=O) groups is 1. The summed E-state index contributed by atoms with van der Waals surface area (Å²) >= 11 is 0. The lowest BCUT2D eigenvalue weighted by Gasteiger charge is -2.13. The maximum atomic E-state index is 12.0. The molecule has 1 aromatic carbocycles. The normalized spacial score (nSPS) is 12.4. The average molecular weight is 270 g/mol. The smallest absolute Gasteiger partial charge is 0.274 e. The molecule has 0 bridgehead atoms. The summed E-state index contributed by atoms with van der Waals surface area (Å²) in [6.45, 7) is 1.99. The number of para-hydroxylation sites is 2. The summed E-state index contributed by atoms with van der Waals surface area (Å²) in [5.41, 5.74) is 2.10. The fraction of sp³-hybridized carbons (Fsp3) is 0.214. The highest BCUT2D eigenvalue weighted by Gasteiger charge is 2.18. The molecule has 0 saturated carbocycles. The van der Waals surface area contributed by atoms with Crippen LogP contribution in [0.2, 0.25) is 0 Å². The molecule has 0 fully saturated rings. The molecule has 2 N–H and O–H groups in total. The van der Waals surface area contributed by atoms with Crippen molar-refractivity contribution in [3.05, 3.63) is 48.1 Å². The largest absolute Gasteiger partial charge is 0.364 e. The van der Waals surface area contributed by atoms with E-state index < -0.39 is 0 Å². The van der Waals surface area contributed by atoms with Crippen LogP contribution in [0.5, 0.6) is 0 Å². The van der Waals surface area contributed by atoms with Gasteiger partial charge in [-0.2, -0.15) is 0 Å². The van der Waals surface area contributed by atoms with Crippen molar-refractivity contribution < 1.29 is 9.32 Å². The van der Waals surface area contributed by atoms with E-state index in [9.17, 15) is 4.79 Å². The van der Waals surface area contributed by atoms with Gasteiger partial charge in [-0.25, -0.2) is 4.98 Å². The van der Waals surface area contributed by atoms with Crippen molar-refractivity contribution in [3.8, 4) is 0 Å². The van der Waals surface area contributed by atoms with Crippen LogP contribution in [0.15, 0.2) is 41.1 Å². The topological polar surface area (TPSA) is 83.8 Å². The molecule has 0 aliphatic carbocycles. The molecule has 0 aliphatic heterocycles. The lowest BCUT2D eigenvalue weighted by Crippen LogP contribution is -2.29. The van der Waals surface area contributed by atoms with Gasteiger partial charge < -0.3 is 14.8 Å². The van der Waals surface area contributed by atoms with Crippen molar-refractivity contribution in [1.82, 2.24) is 20.4 Å². The summed E-state index contributed by atoms with van der Waals surface area (Å²) < 4.78 is 4.67. The zero-order valence-electron chi connectivity index (χ0n) is 11.0. The lowest BCUT2D eigenvalue weighted by atomic mass is 10.2. The summed E-state index contributed by atoms with van der Waals surface area (Å²) in [4.78, 5) is 19.7. The first-order valence-electron chi connectivity index (χ1n) is 6.44. The molecule has 0 saturated heterocycles. The van der Waals surface area contributed by atoms with E-state index in [0.717, 1.165) is 23.3 Å². The van der Waals surface area contributed by atoms with Gasteiger partial charge in [-0.15, -0.1) is 0 Å². The molecule has 102 valence electrons. The van der Waals surface area contributed by atoms with Crippen molar-refractivity contribution in [1.29, 1.82) is 0 Å². The Morgan fingerprint density at radius 2 is 2.25 bits per heavy atom. The van der Waals surface area contributed by atoms with Gasteiger partial charge in [0.25, 0.3) is 5.91 Å². The molecule has 6 heteroatoms. The third-order valence-corrected chi connectivity index (χ3v) is 3.12. The van der Waals surface area contributed by atoms with Crippen molar-refractivity contribution in [2.24, 2.45) is 0 Å². The van der Waals surface area contributed by atoms with E-state index >= 15 is 0 Å². The Bertz CT molecular complexity index is 685. The zero-order valence-corrected chi connectivity index (χ0v) is 11.0. The second-order valence-corrected chi connectivity index (χ2v) is 4.46. The number of nitrogens with zero attached hydrogens (tertiary/aromatic N) is 2. The number of hydrogen-bond donors (Lipinski definition) is 2. The third kappa shape index (κ3) is 2.27. The van der Waals surface area contributed by atoms with Gasteiger partial charge in [-0.05, 0) is 18.6 Å². The molecule has 20 heavy (non-hydrogen) atoms. The Labute approximate surface area is 115 Å². The predicted octanol–water partition coefficient (Wildman–Crippen LogP) is 2.43. The number of nitrogens with one attached hydrogen (secondary N) is 2. The fourth-order valence-corrected chi connectivity index (χ4v) is 2.06. The maximum Gasteiger partial charge on any atom is 0.274 e. The first kappa shape index (κ1) is 12.4. The van der Waals surface area contributed by atoms with Gasteiger partial charge in [-0.1, -0.05) is 24.2 Å². The Kier molecular flexibility index (Phi) is 3.20. The quantitative estimate of drug-likeness (QED) is 0.762. The molecule has 0 aliphatic rings. The molecule has 3 rings (SSSR count). The zero-order chi connectivity index (χ0) is 13.9. The van der Waals surface area contributed by atoms with Gasteiger partial charge >= 0.3 is 0 Å². The predicted molar refractivity (Wildman–Crippen MR) is 73.1 cm³/mol. The number of aromatic nitrogens is 3. The highest BCUT2D eigenvalue weighted by atomic mass is 16.5. The number of rotatable bonds is 4.